The van der Waals surface area contributed by atoms with Crippen LogP contribution in [0.5, 0.6) is 0 Å². The molecular formula is C14H21N3O2S. The first-order chi connectivity index (χ1) is 9.63. The van der Waals surface area contributed by atoms with Gasteiger partial charge in [-0.05, 0) is 56.8 Å². The van der Waals surface area contributed by atoms with Crippen molar-refractivity contribution in [3.63, 3.8) is 0 Å². The van der Waals surface area contributed by atoms with Crippen LogP contribution in [0.4, 0.5) is 0 Å². The molecule has 0 saturated carbocycles. The standard InChI is InChI=1S/C14H21N3O2S/c1-11(17-20-12-7-3-2-4-8-12)16-13(14(18)19)9-5-6-10-15/h2-4,7-8,13H,5-6,9-10,15H2,1H3,(H,16,17)(H,18,19)/t13-/m0/s1. The zero-order valence-corrected chi connectivity index (χ0v) is 12.4. The first kappa shape index (κ1) is 16.5. The smallest absolute Gasteiger partial charge is 0.328 e. The Morgan fingerprint density at radius 3 is 2.70 bits per heavy atom. The van der Waals surface area contributed by atoms with Crippen molar-refractivity contribution in [2.75, 3.05) is 6.54 Å². The number of aliphatic imine (C=N–C) groups is 1. The topological polar surface area (TPSA) is 87.7 Å². The molecule has 110 valence electrons. The van der Waals surface area contributed by atoms with Gasteiger partial charge in [0, 0.05) is 4.90 Å². The highest BCUT2D eigenvalue weighted by atomic mass is 32.2. The SMILES string of the molecule is CC(=N[C@@H](CCCCN)C(=O)O)NSc1ccccc1. The molecule has 0 bridgehead atoms. The molecular weight excluding hydrogens is 274 g/mol. The van der Waals surface area contributed by atoms with E-state index in [0.717, 1.165) is 17.7 Å². The summed E-state index contributed by atoms with van der Waals surface area (Å²) in [6, 6.07) is 9.09. The van der Waals surface area contributed by atoms with Crippen LogP contribution in [-0.4, -0.2) is 29.5 Å². The van der Waals surface area contributed by atoms with E-state index in [1.54, 1.807) is 6.92 Å². The van der Waals surface area contributed by atoms with Crippen molar-refractivity contribution >= 4 is 23.8 Å². The first-order valence-electron chi connectivity index (χ1n) is 6.58. The fourth-order valence-corrected chi connectivity index (χ4v) is 2.22. The summed E-state index contributed by atoms with van der Waals surface area (Å²) in [5, 5.41) is 9.13. The van der Waals surface area contributed by atoms with Gasteiger partial charge in [-0.2, -0.15) is 0 Å². The van der Waals surface area contributed by atoms with Gasteiger partial charge in [0.25, 0.3) is 0 Å². The Morgan fingerprint density at radius 1 is 1.40 bits per heavy atom. The van der Waals surface area contributed by atoms with Crippen LogP contribution < -0.4 is 10.5 Å². The molecule has 0 aromatic heterocycles. The Bertz CT molecular complexity index is 437. The number of hydrogen-bond donors (Lipinski definition) is 3. The molecule has 0 saturated heterocycles. The maximum absolute atomic E-state index is 11.1. The number of amidine groups is 1. The van der Waals surface area contributed by atoms with Gasteiger partial charge in [-0.1, -0.05) is 18.2 Å². The minimum atomic E-state index is -0.895. The van der Waals surface area contributed by atoms with Gasteiger partial charge in [0.1, 0.15) is 11.9 Å². The van der Waals surface area contributed by atoms with Crippen LogP contribution >= 0.6 is 11.9 Å². The van der Waals surface area contributed by atoms with E-state index in [2.05, 4.69) is 9.71 Å². The van der Waals surface area contributed by atoms with Gasteiger partial charge in [-0.15, -0.1) is 0 Å². The summed E-state index contributed by atoms with van der Waals surface area (Å²) in [5.74, 6) is -0.285. The van der Waals surface area contributed by atoms with Crippen molar-refractivity contribution in [2.45, 2.75) is 37.1 Å². The monoisotopic (exact) mass is 295 g/mol. The molecule has 20 heavy (non-hydrogen) atoms. The summed E-state index contributed by atoms with van der Waals surface area (Å²) in [5.41, 5.74) is 5.41. The number of nitrogens with two attached hydrogens (primary N) is 1. The van der Waals surface area contributed by atoms with Crippen LogP contribution in [-0.2, 0) is 4.79 Å². The number of benzene rings is 1. The number of rotatable bonds is 8. The summed E-state index contributed by atoms with van der Waals surface area (Å²) in [6.07, 6.45) is 2.11. The number of nitrogens with zero attached hydrogens (tertiary/aromatic N) is 1. The third kappa shape index (κ3) is 6.58. The van der Waals surface area contributed by atoms with Gasteiger partial charge < -0.3 is 15.6 Å². The van der Waals surface area contributed by atoms with Crippen molar-refractivity contribution in [3.05, 3.63) is 30.3 Å². The third-order valence-electron chi connectivity index (χ3n) is 2.63. The lowest BCUT2D eigenvalue weighted by atomic mass is 10.1. The minimum absolute atomic E-state index is 0.515. The minimum Gasteiger partial charge on any atom is -0.480 e. The van der Waals surface area contributed by atoms with Gasteiger partial charge in [0.15, 0.2) is 0 Å². The Morgan fingerprint density at radius 2 is 2.10 bits per heavy atom. The number of hydrogen-bond acceptors (Lipinski definition) is 4. The Labute approximate surface area is 123 Å². The van der Waals surface area contributed by atoms with Crippen LogP contribution in [0.25, 0.3) is 0 Å². The number of unbranched alkanes of at least 4 members (excludes halogenated alkanes) is 1. The number of carboxylic acids is 1. The number of nitrogens with one attached hydrogen (secondary N) is 1. The summed E-state index contributed by atoms with van der Waals surface area (Å²) in [7, 11) is 0. The fourth-order valence-electron chi connectivity index (χ4n) is 1.61. The van der Waals surface area contributed by atoms with Crippen molar-refractivity contribution in [3.8, 4) is 0 Å². The summed E-state index contributed by atoms with van der Waals surface area (Å²) in [4.78, 5) is 16.4. The molecule has 1 atom stereocenters. The van der Waals surface area contributed by atoms with Gasteiger partial charge in [0.05, 0.1) is 0 Å². The molecule has 0 spiro atoms. The second-order valence-electron chi connectivity index (χ2n) is 4.37. The van der Waals surface area contributed by atoms with E-state index in [-0.39, 0.29) is 0 Å². The Balaban J connectivity index is 2.48. The van der Waals surface area contributed by atoms with E-state index in [0.29, 0.717) is 18.8 Å². The van der Waals surface area contributed by atoms with Crippen LogP contribution in [0.2, 0.25) is 0 Å². The lowest BCUT2D eigenvalue weighted by Crippen LogP contribution is -2.23. The molecule has 0 unspecified atom stereocenters. The zero-order valence-electron chi connectivity index (χ0n) is 11.6. The number of carbonyl (C=O) groups is 1. The molecule has 0 aliphatic rings. The molecule has 0 radical (unpaired) electrons. The fraction of sp³-hybridized carbons (Fsp3) is 0.429. The van der Waals surface area contributed by atoms with Crippen LogP contribution in [0.15, 0.2) is 40.2 Å². The summed E-state index contributed by atoms with van der Waals surface area (Å²) in [6.45, 7) is 2.35. The van der Waals surface area contributed by atoms with E-state index >= 15 is 0 Å². The maximum Gasteiger partial charge on any atom is 0.328 e. The second-order valence-corrected chi connectivity index (χ2v) is 5.25. The maximum atomic E-state index is 11.1. The lowest BCUT2D eigenvalue weighted by molar-refractivity contribution is -0.138. The molecule has 6 heteroatoms. The summed E-state index contributed by atoms with van der Waals surface area (Å²) < 4.78 is 3.05. The highest BCUT2D eigenvalue weighted by molar-refractivity contribution is 7.98. The van der Waals surface area contributed by atoms with E-state index in [1.165, 1.54) is 11.9 Å². The normalized spacial score (nSPS) is 13.0. The van der Waals surface area contributed by atoms with Crippen LogP contribution in [0, 0.1) is 0 Å². The highest BCUT2D eigenvalue weighted by Crippen LogP contribution is 2.13. The second kappa shape index (κ2) is 9.39. The van der Waals surface area contributed by atoms with Crippen molar-refractivity contribution in [1.29, 1.82) is 0 Å². The van der Waals surface area contributed by atoms with Gasteiger partial charge >= 0.3 is 5.97 Å². The van der Waals surface area contributed by atoms with Gasteiger partial charge in [-0.25, -0.2) is 4.79 Å². The molecule has 1 rings (SSSR count). The predicted octanol–water partition coefficient (Wildman–Crippen LogP) is 2.28. The summed E-state index contributed by atoms with van der Waals surface area (Å²) >= 11 is 1.42. The van der Waals surface area contributed by atoms with Gasteiger partial charge in [-0.3, -0.25) is 4.99 Å². The largest absolute Gasteiger partial charge is 0.480 e. The molecule has 4 N–H and O–H groups in total. The van der Waals surface area contributed by atoms with Gasteiger partial charge in [0.2, 0.25) is 0 Å². The van der Waals surface area contributed by atoms with Crippen molar-refractivity contribution in [2.24, 2.45) is 10.7 Å². The first-order valence-corrected chi connectivity index (χ1v) is 7.40. The average Bonchev–Trinajstić information content (AvgIpc) is 2.45. The molecule has 0 heterocycles. The van der Waals surface area contributed by atoms with E-state index in [1.807, 2.05) is 30.3 Å². The van der Waals surface area contributed by atoms with Crippen LogP contribution in [0.3, 0.4) is 0 Å². The molecule has 5 nitrogen and oxygen atoms in total. The Kier molecular flexibility index (Phi) is 7.75. The molecule has 0 aliphatic carbocycles. The molecule has 0 aliphatic heterocycles. The quantitative estimate of drug-likeness (QED) is 0.296. The number of aliphatic carboxylic acids is 1. The highest BCUT2D eigenvalue weighted by Gasteiger charge is 2.15. The zero-order chi connectivity index (χ0) is 14.8. The predicted molar refractivity (Wildman–Crippen MR) is 82.9 cm³/mol. The van der Waals surface area contributed by atoms with E-state index < -0.39 is 12.0 Å². The van der Waals surface area contributed by atoms with Crippen molar-refractivity contribution in [1.82, 2.24) is 4.72 Å². The van der Waals surface area contributed by atoms with E-state index in [9.17, 15) is 4.79 Å². The van der Waals surface area contributed by atoms with E-state index in [4.69, 9.17) is 10.8 Å². The molecule has 0 fully saturated rings. The number of carboxylic acid groups (broad SMARTS) is 1. The molecule has 0 amide bonds. The van der Waals surface area contributed by atoms with Crippen molar-refractivity contribution < 1.29 is 9.90 Å². The Hall–Kier alpha value is -1.53. The molecule has 1 aromatic rings. The average molecular weight is 295 g/mol. The van der Waals surface area contributed by atoms with Crippen LogP contribution in [0.1, 0.15) is 26.2 Å². The molecule has 1 aromatic carbocycles. The lowest BCUT2D eigenvalue weighted by Gasteiger charge is -2.10. The third-order valence-corrected chi connectivity index (χ3v) is 3.53.